The van der Waals surface area contributed by atoms with E-state index in [1.807, 2.05) is 24.3 Å². The Morgan fingerprint density at radius 3 is 2.54 bits per heavy atom. The lowest BCUT2D eigenvalue weighted by molar-refractivity contribution is -0.134. The van der Waals surface area contributed by atoms with Crippen LogP contribution in [0.15, 0.2) is 36.4 Å². The number of fused-ring (bicyclic) bond motifs is 1. The first kappa shape index (κ1) is 24.6. The Bertz CT molecular complexity index is 1200. The summed E-state index contributed by atoms with van der Waals surface area (Å²) >= 11 is 0. The van der Waals surface area contributed by atoms with E-state index in [0.717, 1.165) is 43.2 Å². The van der Waals surface area contributed by atoms with Crippen LogP contribution in [0.1, 0.15) is 48.8 Å². The van der Waals surface area contributed by atoms with Gasteiger partial charge in [0.2, 0.25) is 5.91 Å². The minimum atomic E-state index is -0.931. The van der Waals surface area contributed by atoms with Crippen LogP contribution in [0.25, 0.3) is 0 Å². The molecule has 0 spiro atoms. The number of likely N-dealkylation sites (tertiary alicyclic amines) is 1. The van der Waals surface area contributed by atoms with E-state index in [1.54, 1.807) is 21.3 Å². The number of methoxy groups -OCH3 is 3. The third-order valence-electron chi connectivity index (χ3n) is 9.55. The molecule has 1 unspecified atom stereocenters. The maximum atomic E-state index is 13.6. The number of hydrogen-bond acceptors (Lipinski definition) is 6. The van der Waals surface area contributed by atoms with Crippen LogP contribution in [-0.4, -0.2) is 62.0 Å². The van der Waals surface area contributed by atoms with Crippen LogP contribution >= 0.6 is 0 Å². The molecule has 1 heterocycles. The first-order chi connectivity index (χ1) is 17.9. The Hall–Kier alpha value is -2.77. The summed E-state index contributed by atoms with van der Waals surface area (Å²) in [6.07, 6.45) is 5.41. The molecule has 1 saturated heterocycles. The lowest BCUT2D eigenvalue weighted by Crippen LogP contribution is -2.69. The summed E-state index contributed by atoms with van der Waals surface area (Å²) in [6.45, 7) is 2.40. The van der Waals surface area contributed by atoms with Gasteiger partial charge in [-0.15, -0.1) is 0 Å². The number of amides is 1. The number of carbonyl (C=O) groups excluding carboxylic acids is 1. The number of benzene rings is 2. The molecule has 7 nitrogen and oxygen atoms in total. The number of nitrogens with one attached hydrogen (secondary N) is 1. The van der Waals surface area contributed by atoms with Crippen molar-refractivity contribution in [3.63, 3.8) is 0 Å². The summed E-state index contributed by atoms with van der Waals surface area (Å²) in [6, 6.07) is 12.0. The third kappa shape index (κ3) is 3.98. The minimum Gasteiger partial charge on any atom is -0.497 e. The summed E-state index contributed by atoms with van der Waals surface area (Å²) in [5.74, 6) is 2.71. The van der Waals surface area contributed by atoms with Crippen molar-refractivity contribution < 1.29 is 24.1 Å². The number of rotatable bonds is 8. The molecule has 6 rings (SSSR count). The highest BCUT2D eigenvalue weighted by Crippen LogP contribution is 2.62. The predicted octanol–water partition coefficient (Wildman–Crippen LogP) is 3.45. The van der Waals surface area contributed by atoms with Crippen molar-refractivity contribution in [2.45, 2.75) is 62.1 Å². The van der Waals surface area contributed by atoms with Gasteiger partial charge >= 0.3 is 0 Å². The largest absolute Gasteiger partial charge is 0.497 e. The summed E-state index contributed by atoms with van der Waals surface area (Å²) < 4.78 is 16.4. The van der Waals surface area contributed by atoms with Crippen LogP contribution in [0, 0.1) is 11.8 Å². The fraction of sp³-hybridized carbons (Fsp3) is 0.567. The van der Waals surface area contributed by atoms with Crippen molar-refractivity contribution in [2.75, 3.05) is 34.4 Å². The monoisotopic (exact) mass is 506 g/mol. The van der Waals surface area contributed by atoms with Crippen LogP contribution in [0.5, 0.6) is 17.2 Å². The average molecular weight is 507 g/mol. The van der Waals surface area contributed by atoms with E-state index in [0.29, 0.717) is 30.9 Å². The molecule has 198 valence electrons. The lowest BCUT2D eigenvalue weighted by Gasteiger charge is -2.59. The van der Waals surface area contributed by atoms with Crippen molar-refractivity contribution in [3.05, 3.63) is 53.1 Å². The maximum absolute atomic E-state index is 13.6. The van der Waals surface area contributed by atoms with Crippen molar-refractivity contribution in [2.24, 2.45) is 11.8 Å². The van der Waals surface area contributed by atoms with Gasteiger partial charge in [-0.25, -0.2) is 0 Å². The second-order valence-corrected chi connectivity index (χ2v) is 11.4. The first-order valence-corrected chi connectivity index (χ1v) is 13.5. The number of ether oxygens (including phenoxy) is 3. The number of carbonyl (C=O) groups is 1. The molecule has 2 aromatic carbocycles. The number of piperidine rings is 1. The highest BCUT2D eigenvalue weighted by atomic mass is 16.5. The summed E-state index contributed by atoms with van der Waals surface area (Å²) in [5.41, 5.74) is 2.01. The summed E-state index contributed by atoms with van der Waals surface area (Å²) in [5, 5.41) is 15.7. The Morgan fingerprint density at radius 1 is 1.05 bits per heavy atom. The molecule has 3 fully saturated rings. The van der Waals surface area contributed by atoms with Crippen LogP contribution < -0.4 is 19.5 Å². The lowest BCUT2D eigenvalue weighted by atomic mass is 9.56. The van der Waals surface area contributed by atoms with E-state index < -0.39 is 11.0 Å². The van der Waals surface area contributed by atoms with Crippen LogP contribution in [-0.2, 0) is 23.2 Å². The Kier molecular flexibility index (Phi) is 6.11. The van der Waals surface area contributed by atoms with Crippen LogP contribution in [0.4, 0.5) is 0 Å². The molecule has 0 aromatic heterocycles. The highest BCUT2D eigenvalue weighted by Gasteiger charge is 2.68. The fourth-order valence-corrected chi connectivity index (χ4v) is 7.46. The highest BCUT2D eigenvalue weighted by molar-refractivity contribution is 5.80. The van der Waals surface area contributed by atoms with Gasteiger partial charge in [0.05, 0.1) is 26.9 Å². The normalized spacial score (nSPS) is 30.3. The maximum Gasteiger partial charge on any atom is 0.223 e. The number of aliphatic hydroxyl groups is 1. The third-order valence-corrected chi connectivity index (χ3v) is 9.55. The molecule has 2 aromatic rings. The van der Waals surface area contributed by atoms with E-state index >= 15 is 0 Å². The minimum absolute atomic E-state index is 0.00101. The van der Waals surface area contributed by atoms with Crippen molar-refractivity contribution >= 4 is 5.91 Å². The molecule has 2 bridgehead atoms. The topological polar surface area (TPSA) is 80.3 Å². The van der Waals surface area contributed by atoms with Gasteiger partial charge < -0.3 is 24.6 Å². The zero-order valence-electron chi connectivity index (χ0n) is 22.1. The summed E-state index contributed by atoms with van der Waals surface area (Å²) in [4.78, 5) is 16.1. The number of nitrogens with zero attached hydrogens (tertiary/aromatic N) is 1. The Balaban J connectivity index is 1.28. The van der Waals surface area contributed by atoms with E-state index in [2.05, 4.69) is 22.3 Å². The van der Waals surface area contributed by atoms with E-state index in [9.17, 15) is 9.90 Å². The van der Waals surface area contributed by atoms with Gasteiger partial charge in [0.25, 0.3) is 0 Å². The predicted molar refractivity (Wildman–Crippen MR) is 140 cm³/mol. The molecule has 1 amide bonds. The Labute approximate surface area is 219 Å². The van der Waals surface area contributed by atoms with Crippen molar-refractivity contribution in [1.29, 1.82) is 0 Å². The second-order valence-electron chi connectivity index (χ2n) is 11.4. The zero-order chi connectivity index (χ0) is 25.8. The summed E-state index contributed by atoms with van der Waals surface area (Å²) in [7, 11) is 4.93. The van der Waals surface area contributed by atoms with Gasteiger partial charge in [0, 0.05) is 42.1 Å². The molecule has 1 aliphatic heterocycles. The van der Waals surface area contributed by atoms with Crippen molar-refractivity contribution in [1.82, 2.24) is 10.2 Å². The Morgan fingerprint density at radius 2 is 1.81 bits per heavy atom. The van der Waals surface area contributed by atoms with E-state index in [1.165, 1.54) is 24.0 Å². The quantitative estimate of drug-likeness (QED) is 0.571. The standard InChI is InChI=1S/C30H38N2O5/c1-35-23-8-6-20-12-27-30(34)16-22(28(33)31-17-21-7-9-24(36-2)14-26(21)37-3)15-29(30,25(20)13-23)10-11-32(27)18-19-4-5-19/h6-9,13-14,19,22,27,34H,4-5,10-12,15-18H2,1-3H3,(H,31,33)/t22?,27-,29-,30-/m1/s1. The van der Waals surface area contributed by atoms with Crippen LogP contribution in [0.2, 0.25) is 0 Å². The average Bonchev–Trinajstić information content (AvgIpc) is 3.67. The molecule has 37 heavy (non-hydrogen) atoms. The van der Waals surface area contributed by atoms with Gasteiger partial charge in [-0.2, -0.15) is 0 Å². The first-order valence-electron chi connectivity index (χ1n) is 13.5. The SMILES string of the molecule is COc1ccc(CNC(=O)C2C[C@]34CCN(CC5CC5)[C@H](Cc5ccc(OC)cc53)[C@]4(O)C2)c(OC)c1. The molecular weight excluding hydrogens is 468 g/mol. The molecule has 2 N–H and O–H groups in total. The molecular formula is C30H38N2O5. The van der Waals surface area contributed by atoms with E-state index in [-0.39, 0.29) is 17.9 Å². The van der Waals surface area contributed by atoms with Gasteiger partial charge in [0.1, 0.15) is 17.2 Å². The van der Waals surface area contributed by atoms with Crippen LogP contribution in [0.3, 0.4) is 0 Å². The smallest absolute Gasteiger partial charge is 0.223 e. The molecule has 3 aliphatic carbocycles. The van der Waals surface area contributed by atoms with Gasteiger partial charge in [-0.05, 0) is 86.4 Å². The molecule has 0 radical (unpaired) electrons. The second kappa shape index (κ2) is 9.21. The fourth-order valence-electron chi connectivity index (χ4n) is 7.46. The van der Waals surface area contributed by atoms with Gasteiger partial charge in [0.15, 0.2) is 0 Å². The molecule has 2 saturated carbocycles. The molecule has 4 atom stereocenters. The van der Waals surface area contributed by atoms with Crippen molar-refractivity contribution in [3.8, 4) is 17.2 Å². The molecule has 4 aliphatic rings. The molecule has 7 heteroatoms. The zero-order valence-corrected chi connectivity index (χ0v) is 22.1. The van der Waals surface area contributed by atoms with Gasteiger partial charge in [-0.3, -0.25) is 9.69 Å². The number of hydrogen-bond donors (Lipinski definition) is 2. The van der Waals surface area contributed by atoms with E-state index in [4.69, 9.17) is 14.2 Å². The van der Waals surface area contributed by atoms with Gasteiger partial charge in [-0.1, -0.05) is 6.07 Å².